The standard InChI is InChI=1S/C12H10BrClN4O2/c13-11-15-10-5-9(14)8(6-18(10)16-11)7-1-3-17(4-2-7)12(19)20/h1,5-6H,2-4H2,(H,19,20). The molecule has 2 aromatic heterocycles. The number of pyridine rings is 1. The van der Waals surface area contributed by atoms with Crippen LogP contribution in [0.4, 0.5) is 4.79 Å². The first-order valence-electron chi connectivity index (χ1n) is 5.93. The molecule has 8 heteroatoms. The molecule has 0 saturated heterocycles. The minimum Gasteiger partial charge on any atom is -0.465 e. The monoisotopic (exact) mass is 356 g/mol. The second-order valence-electron chi connectivity index (χ2n) is 4.43. The first kappa shape index (κ1) is 13.4. The molecule has 0 bridgehead atoms. The Bertz CT molecular complexity index is 728. The lowest BCUT2D eigenvalue weighted by Crippen LogP contribution is -2.33. The largest absolute Gasteiger partial charge is 0.465 e. The fraction of sp³-hybridized carbons (Fsp3) is 0.250. The van der Waals surface area contributed by atoms with Gasteiger partial charge in [-0.1, -0.05) is 17.7 Å². The molecule has 20 heavy (non-hydrogen) atoms. The Balaban J connectivity index is 1.98. The second-order valence-corrected chi connectivity index (χ2v) is 5.54. The smallest absolute Gasteiger partial charge is 0.407 e. The van der Waals surface area contributed by atoms with Gasteiger partial charge < -0.3 is 10.0 Å². The van der Waals surface area contributed by atoms with Crippen molar-refractivity contribution in [2.45, 2.75) is 6.42 Å². The van der Waals surface area contributed by atoms with Crippen LogP contribution in [0.5, 0.6) is 0 Å². The molecule has 3 heterocycles. The maximum absolute atomic E-state index is 10.9. The number of aromatic nitrogens is 3. The molecule has 1 aliphatic rings. The molecule has 2 aromatic rings. The molecule has 0 spiro atoms. The van der Waals surface area contributed by atoms with Gasteiger partial charge in [-0.25, -0.2) is 14.3 Å². The highest BCUT2D eigenvalue weighted by Crippen LogP contribution is 2.29. The zero-order valence-corrected chi connectivity index (χ0v) is 12.6. The van der Waals surface area contributed by atoms with Crippen LogP contribution in [0.25, 0.3) is 11.2 Å². The van der Waals surface area contributed by atoms with E-state index >= 15 is 0 Å². The number of hydrogen-bond donors (Lipinski definition) is 1. The molecule has 104 valence electrons. The van der Waals surface area contributed by atoms with Crippen LogP contribution >= 0.6 is 27.5 Å². The zero-order valence-electron chi connectivity index (χ0n) is 10.3. The first-order valence-corrected chi connectivity index (χ1v) is 7.10. The van der Waals surface area contributed by atoms with E-state index < -0.39 is 6.09 Å². The predicted molar refractivity (Wildman–Crippen MR) is 77.9 cm³/mol. The summed E-state index contributed by atoms with van der Waals surface area (Å²) in [7, 11) is 0. The van der Waals surface area contributed by atoms with Gasteiger partial charge in [-0.05, 0) is 27.9 Å². The van der Waals surface area contributed by atoms with E-state index in [0.717, 1.165) is 11.1 Å². The zero-order chi connectivity index (χ0) is 14.3. The van der Waals surface area contributed by atoms with Crippen molar-refractivity contribution in [2.24, 2.45) is 0 Å². The van der Waals surface area contributed by atoms with E-state index in [1.807, 2.05) is 12.3 Å². The van der Waals surface area contributed by atoms with Crippen LogP contribution in [-0.4, -0.2) is 43.8 Å². The average molecular weight is 358 g/mol. The predicted octanol–water partition coefficient (Wildman–Crippen LogP) is 2.91. The third-order valence-corrected chi connectivity index (χ3v) is 3.87. The molecule has 3 rings (SSSR count). The van der Waals surface area contributed by atoms with Crippen molar-refractivity contribution in [3.63, 3.8) is 0 Å². The summed E-state index contributed by atoms with van der Waals surface area (Å²) in [5.74, 6) is 0. The number of fused-ring (bicyclic) bond motifs is 1. The minimum absolute atomic E-state index is 0.375. The fourth-order valence-electron chi connectivity index (χ4n) is 2.20. The highest BCUT2D eigenvalue weighted by atomic mass is 79.9. The van der Waals surface area contributed by atoms with Gasteiger partial charge in [0.05, 0.1) is 5.02 Å². The Morgan fingerprint density at radius 1 is 1.50 bits per heavy atom. The van der Waals surface area contributed by atoms with Gasteiger partial charge in [-0.3, -0.25) is 0 Å². The van der Waals surface area contributed by atoms with Crippen molar-refractivity contribution in [3.8, 4) is 0 Å². The molecule has 0 radical (unpaired) electrons. The van der Waals surface area contributed by atoms with Crippen molar-refractivity contribution in [1.29, 1.82) is 0 Å². The SMILES string of the molecule is O=C(O)N1CC=C(c2cn3nc(Br)nc3cc2Cl)CC1. The highest BCUT2D eigenvalue weighted by molar-refractivity contribution is 9.10. The van der Waals surface area contributed by atoms with Crippen LogP contribution in [0.15, 0.2) is 23.1 Å². The van der Waals surface area contributed by atoms with Crippen molar-refractivity contribution < 1.29 is 9.90 Å². The second kappa shape index (κ2) is 5.06. The van der Waals surface area contributed by atoms with Gasteiger partial charge in [0.25, 0.3) is 0 Å². The van der Waals surface area contributed by atoms with E-state index in [-0.39, 0.29) is 0 Å². The number of carbonyl (C=O) groups is 1. The summed E-state index contributed by atoms with van der Waals surface area (Å²) in [5.41, 5.74) is 2.55. The number of rotatable bonds is 1. The molecule has 1 aliphatic heterocycles. The number of amides is 1. The average Bonchev–Trinajstić information content (AvgIpc) is 2.77. The van der Waals surface area contributed by atoms with Crippen molar-refractivity contribution in [1.82, 2.24) is 19.5 Å². The van der Waals surface area contributed by atoms with E-state index in [2.05, 4.69) is 26.0 Å². The maximum Gasteiger partial charge on any atom is 0.407 e. The lowest BCUT2D eigenvalue weighted by Gasteiger charge is -2.24. The third kappa shape index (κ3) is 2.38. The number of nitrogens with zero attached hydrogens (tertiary/aromatic N) is 4. The van der Waals surface area contributed by atoms with E-state index in [0.29, 0.717) is 34.9 Å². The first-order chi connectivity index (χ1) is 9.54. The van der Waals surface area contributed by atoms with Crippen molar-refractivity contribution in [2.75, 3.05) is 13.1 Å². The molecule has 0 aromatic carbocycles. The Labute approximate surface area is 127 Å². The molecule has 0 atom stereocenters. The molecule has 1 amide bonds. The molecule has 1 N–H and O–H groups in total. The normalized spacial score (nSPS) is 15.5. The summed E-state index contributed by atoms with van der Waals surface area (Å²) in [6.45, 7) is 0.844. The van der Waals surface area contributed by atoms with Gasteiger partial charge in [0, 0.05) is 30.9 Å². The lowest BCUT2D eigenvalue weighted by molar-refractivity contribution is 0.150. The molecular formula is C12H10BrClN4O2. The third-order valence-electron chi connectivity index (χ3n) is 3.22. The molecule has 0 unspecified atom stereocenters. The van der Waals surface area contributed by atoms with E-state index in [1.54, 1.807) is 10.6 Å². The van der Waals surface area contributed by atoms with Crippen LogP contribution in [0.3, 0.4) is 0 Å². The van der Waals surface area contributed by atoms with Gasteiger partial charge in [0.15, 0.2) is 5.65 Å². The Kier molecular flexibility index (Phi) is 3.39. The van der Waals surface area contributed by atoms with Crippen LogP contribution < -0.4 is 0 Å². The van der Waals surface area contributed by atoms with Gasteiger partial charge in [-0.2, -0.15) is 0 Å². The summed E-state index contributed by atoms with van der Waals surface area (Å²) >= 11 is 9.50. The molecule has 6 nitrogen and oxygen atoms in total. The van der Waals surface area contributed by atoms with Crippen molar-refractivity contribution >= 4 is 44.8 Å². The fourth-order valence-corrected chi connectivity index (χ4v) is 2.82. The van der Waals surface area contributed by atoms with Crippen molar-refractivity contribution in [3.05, 3.63) is 33.7 Å². The van der Waals surface area contributed by atoms with Gasteiger partial charge >= 0.3 is 6.09 Å². The summed E-state index contributed by atoms with van der Waals surface area (Å²) in [6.07, 6.45) is 3.43. The minimum atomic E-state index is -0.901. The van der Waals surface area contributed by atoms with Gasteiger partial charge in [-0.15, -0.1) is 5.10 Å². The molecule has 0 fully saturated rings. The van der Waals surface area contributed by atoms with E-state index in [9.17, 15) is 4.79 Å². The summed E-state index contributed by atoms with van der Waals surface area (Å²) in [5, 5.41) is 13.7. The number of hydrogen-bond acceptors (Lipinski definition) is 3. The highest BCUT2D eigenvalue weighted by Gasteiger charge is 2.19. The topological polar surface area (TPSA) is 70.7 Å². The Morgan fingerprint density at radius 2 is 2.30 bits per heavy atom. The van der Waals surface area contributed by atoms with Crippen LogP contribution in [0.1, 0.15) is 12.0 Å². The quantitative estimate of drug-likeness (QED) is 0.852. The Morgan fingerprint density at radius 3 is 2.95 bits per heavy atom. The Hall–Kier alpha value is -1.60. The van der Waals surface area contributed by atoms with Crippen LogP contribution in [-0.2, 0) is 0 Å². The van der Waals surface area contributed by atoms with E-state index in [1.165, 1.54) is 4.90 Å². The maximum atomic E-state index is 10.9. The molecule has 0 aliphatic carbocycles. The summed E-state index contributed by atoms with van der Waals surface area (Å²) < 4.78 is 2.15. The lowest BCUT2D eigenvalue weighted by atomic mass is 10.0. The summed E-state index contributed by atoms with van der Waals surface area (Å²) in [6, 6.07) is 1.75. The van der Waals surface area contributed by atoms with Gasteiger partial charge in [0.2, 0.25) is 4.73 Å². The molecule has 0 saturated carbocycles. The van der Waals surface area contributed by atoms with Crippen LogP contribution in [0.2, 0.25) is 5.02 Å². The summed E-state index contributed by atoms with van der Waals surface area (Å²) in [4.78, 5) is 16.4. The van der Waals surface area contributed by atoms with Crippen LogP contribution in [0, 0.1) is 0 Å². The molecular weight excluding hydrogens is 348 g/mol. The number of halogens is 2. The van der Waals surface area contributed by atoms with Gasteiger partial charge in [0.1, 0.15) is 0 Å². The number of carboxylic acid groups (broad SMARTS) is 1. The van der Waals surface area contributed by atoms with E-state index in [4.69, 9.17) is 16.7 Å².